The van der Waals surface area contributed by atoms with Crippen molar-refractivity contribution in [1.29, 1.82) is 0 Å². The number of rotatable bonds is 6. The molecule has 1 aromatic heterocycles. The third kappa shape index (κ3) is 6.06. The average Bonchev–Trinajstić information content (AvgIpc) is 3.26. The van der Waals surface area contributed by atoms with Gasteiger partial charge in [0.15, 0.2) is 0 Å². The van der Waals surface area contributed by atoms with Gasteiger partial charge in [-0.15, -0.1) is 0 Å². The van der Waals surface area contributed by atoms with Gasteiger partial charge < -0.3 is 16.0 Å². The van der Waals surface area contributed by atoms with Gasteiger partial charge in [0.05, 0.1) is 29.3 Å². The highest BCUT2D eigenvalue weighted by Gasteiger charge is 2.23. The van der Waals surface area contributed by atoms with Crippen molar-refractivity contribution in [1.82, 2.24) is 15.6 Å². The minimum atomic E-state index is -0.0133. The van der Waals surface area contributed by atoms with Crippen LogP contribution in [0.4, 0.5) is 5.69 Å². The van der Waals surface area contributed by atoms with Gasteiger partial charge in [-0.1, -0.05) is 158 Å². The molecule has 4 heterocycles. The summed E-state index contributed by atoms with van der Waals surface area (Å²) < 4.78 is 0. The Kier molecular flexibility index (Phi) is 7.95. The highest BCUT2D eigenvalue weighted by molar-refractivity contribution is 6.03. The van der Waals surface area contributed by atoms with Gasteiger partial charge in [0.1, 0.15) is 5.84 Å². The first-order chi connectivity index (χ1) is 26.7. The predicted octanol–water partition coefficient (Wildman–Crippen LogP) is 10.4. The van der Waals surface area contributed by atoms with Crippen molar-refractivity contribution in [3.8, 4) is 0 Å². The van der Waals surface area contributed by atoms with E-state index < -0.39 is 0 Å². The van der Waals surface area contributed by atoms with Gasteiger partial charge in [0.25, 0.3) is 0 Å². The van der Waals surface area contributed by atoms with Gasteiger partial charge in [-0.25, -0.2) is 4.99 Å². The molecule has 0 saturated heterocycles. The maximum atomic E-state index is 5.03. The minimum Gasteiger partial charge on any atom is -0.374 e. The second-order valence-corrected chi connectivity index (χ2v) is 14.0. The molecule has 0 fully saturated rings. The molecule has 0 saturated carbocycles. The Labute approximate surface area is 315 Å². The van der Waals surface area contributed by atoms with Crippen LogP contribution in [0.15, 0.2) is 193 Å². The molecule has 10 rings (SSSR count). The van der Waals surface area contributed by atoms with E-state index in [1.165, 1.54) is 33.4 Å². The summed E-state index contributed by atoms with van der Waals surface area (Å²) in [5.41, 5.74) is 14.7. The van der Waals surface area contributed by atoms with E-state index in [0.29, 0.717) is 0 Å². The fourth-order valence-corrected chi connectivity index (χ4v) is 7.76. The van der Waals surface area contributed by atoms with Crippen molar-refractivity contribution < 1.29 is 0 Å². The minimum absolute atomic E-state index is 0.0133. The van der Waals surface area contributed by atoms with Gasteiger partial charge in [0, 0.05) is 34.1 Å². The normalized spacial score (nSPS) is 19.8. The summed E-state index contributed by atoms with van der Waals surface area (Å²) >= 11 is 0. The van der Waals surface area contributed by atoms with Gasteiger partial charge in [0.2, 0.25) is 0 Å². The second-order valence-electron chi connectivity index (χ2n) is 14.0. The zero-order valence-corrected chi connectivity index (χ0v) is 29.5. The molecule has 258 valence electrons. The van der Waals surface area contributed by atoms with E-state index in [4.69, 9.17) is 9.98 Å². The lowest BCUT2D eigenvalue weighted by Gasteiger charge is -2.28. The molecule has 0 radical (unpaired) electrons. The van der Waals surface area contributed by atoms with Crippen LogP contribution in [0.3, 0.4) is 0 Å². The number of nitrogens with one attached hydrogen (secondary N) is 3. The number of benzene rings is 5. The van der Waals surface area contributed by atoms with Crippen LogP contribution < -0.4 is 16.0 Å². The van der Waals surface area contributed by atoms with E-state index >= 15 is 0 Å². The Bertz CT molecular complexity index is 2620. The summed E-state index contributed by atoms with van der Waals surface area (Å²) in [6.07, 6.45) is 19.8. The van der Waals surface area contributed by atoms with E-state index in [-0.39, 0.29) is 18.1 Å². The topological polar surface area (TPSA) is 61.3 Å². The Morgan fingerprint density at radius 3 is 2.19 bits per heavy atom. The van der Waals surface area contributed by atoms with Gasteiger partial charge >= 0.3 is 0 Å². The highest BCUT2D eigenvalue weighted by Crippen LogP contribution is 2.36. The molecule has 1 aliphatic carbocycles. The molecule has 3 aliphatic heterocycles. The van der Waals surface area contributed by atoms with Crippen LogP contribution in [0, 0.1) is 0 Å². The number of nitrogens with zero attached hydrogens (tertiary/aromatic N) is 2. The molecule has 3 unspecified atom stereocenters. The van der Waals surface area contributed by atoms with E-state index in [1.807, 2.05) is 24.4 Å². The van der Waals surface area contributed by atoms with Crippen molar-refractivity contribution >= 4 is 45.5 Å². The Balaban J connectivity index is 0.874. The zero-order chi connectivity index (χ0) is 35.8. The molecular formula is C49H37N5. The number of para-hydroxylation sites is 1. The third-order valence-corrected chi connectivity index (χ3v) is 10.6. The van der Waals surface area contributed by atoms with Crippen LogP contribution >= 0.6 is 0 Å². The Morgan fingerprint density at radius 1 is 0.537 bits per heavy atom. The number of fused-ring (bicyclic) bond motifs is 3. The molecule has 3 atom stereocenters. The maximum absolute atomic E-state index is 5.03. The molecule has 5 aromatic carbocycles. The van der Waals surface area contributed by atoms with Crippen molar-refractivity contribution in [2.45, 2.75) is 18.1 Å². The molecule has 0 bridgehead atoms. The molecule has 6 aromatic rings. The van der Waals surface area contributed by atoms with E-state index in [0.717, 1.165) is 50.5 Å². The van der Waals surface area contributed by atoms with Crippen LogP contribution in [-0.2, 0) is 0 Å². The van der Waals surface area contributed by atoms with Crippen LogP contribution in [0.2, 0.25) is 0 Å². The van der Waals surface area contributed by atoms with Gasteiger partial charge in [-0.05, 0) is 63.2 Å². The summed E-state index contributed by atoms with van der Waals surface area (Å²) in [4.78, 5) is 9.73. The lowest BCUT2D eigenvalue weighted by atomic mass is 9.89. The zero-order valence-electron chi connectivity index (χ0n) is 29.5. The number of allylic oxidation sites excluding steroid dienone is 4. The molecule has 5 nitrogen and oxygen atoms in total. The monoisotopic (exact) mass is 695 g/mol. The summed E-state index contributed by atoms with van der Waals surface area (Å²) in [5.74, 6) is 0.878. The van der Waals surface area contributed by atoms with Crippen LogP contribution in [0.5, 0.6) is 0 Å². The third-order valence-electron chi connectivity index (χ3n) is 10.6. The van der Waals surface area contributed by atoms with Crippen LogP contribution in [0.25, 0.3) is 33.9 Å². The predicted molar refractivity (Wildman–Crippen MR) is 223 cm³/mol. The standard InChI is InChI=1S/C49H37N5/c1-3-9-33(10-4-1)46-31-47(54-49(53-46)38-11-5-2-6-12-38)34-18-16-32(17-19-34)39-22-20-35-24-26-42(51-44(35)29-39)40-23-21-36-25-27-43(52-45(36)30-40)41-15-7-13-37-14-8-28-50-48(37)41/h1-31,43-44,47,51-52H,(H,53,54). The lowest BCUT2D eigenvalue weighted by molar-refractivity contribution is 0.780. The average molecular weight is 696 g/mol. The Hall–Kier alpha value is -6.98. The number of anilines is 1. The molecule has 4 aliphatic rings. The summed E-state index contributed by atoms with van der Waals surface area (Å²) in [6.45, 7) is 0. The van der Waals surface area contributed by atoms with Gasteiger partial charge in [-0.3, -0.25) is 4.98 Å². The van der Waals surface area contributed by atoms with Crippen LogP contribution in [0.1, 0.15) is 51.0 Å². The largest absolute Gasteiger partial charge is 0.374 e. The van der Waals surface area contributed by atoms with Crippen molar-refractivity contribution in [2.24, 2.45) is 4.99 Å². The molecule has 0 spiro atoms. The first-order valence-electron chi connectivity index (χ1n) is 18.5. The summed E-state index contributed by atoms with van der Waals surface area (Å²) in [5, 5.41) is 12.5. The summed E-state index contributed by atoms with van der Waals surface area (Å²) in [6, 6.07) is 47.0. The first kappa shape index (κ1) is 31.7. The second kappa shape index (κ2) is 13.5. The molecular weight excluding hydrogens is 659 g/mol. The fraction of sp³-hybridized carbons (Fsp3) is 0.0612. The number of aromatic nitrogens is 1. The smallest absolute Gasteiger partial charge is 0.134 e. The maximum Gasteiger partial charge on any atom is 0.134 e. The Morgan fingerprint density at radius 2 is 1.33 bits per heavy atom. The molecule has 54 heavy (non-hydrogen) atoms. The number of hydrogen-bond donors (Lipinski definition) is 3. The fourth-order valence-electron chi connectivity index (χ4n) is 7.76. The molecule has 5 heteroatoms. The van der Waals surface area contributed by atoms with Crippen molar-refractivity contribution in [2.75, 3.05) is 5.32 Å². The number of amidine groups is 1. The van der Waals surface area contributed by atoms with Crippen molar-refractivity contribution in [3.63, 3.8) is 0 Å². The summed E-state index contributed by atoms with van der Waals surface area (Å²) in [7, 11) is 0. The first-order valence-corrected chi connectivity index (χ1v) is 18.5. The van der Waals surface area contributed by atoms with Crippen LogP contribution in [-0.4, -0.2) is 16.9 Å². The number of dihydropyridines is 1. The van der Waals surface area contributed by atoms with E-state index in [9.17, 15) is 0 Å². The number of aliphatic imine (C=N–C) groups is 1. The SMILES string of the molecule is C1=CC2=CC=C(c3ccc4c(c3)NC(c3cccc5cccnc35)C=C4)NC2C=C1c1ccc(C2C=C(c3ccccc3)N=C(c3ccccc3)N2)cc1. The molecule has 3 N–H and O–H groups in total. The molecule has 0 amide bonds. The van der Waals surface area contributed by atoms with Crippen molar-refractivity contribution in [3.05, 3.63) is 227 Å². The van der Waals surface area contributed by atoms with Gasteiger partial charge in [-0.2, -0.15) is 0 Å². The lowest BCUT2D eigenvalue weighted by Crippen LogP contribution is -2.31. The highest BCUT2D eigenvalue weighted by atomic mass is 15.0. The number of pyridine rings is 1. The quantitative estimate of drug-likeness (QED) is 0.162. The number of hydrogen-bond acceptors (Lipinski definition) is 5. The van der Waals surface area contributed by atoms with E-state index in [2.05, 4.69) is 180 Å². The van der Waals surface area contributed by atoms with E-state index in [1.54, 1.807) is 0 Å².